The zero-order valence-corrected chi connectivity index (χ0v) is 13.4. The van der Waals surface area contributed by atoms with Crippen molar-refractivity contribution < 1.29 is 22.7 Å². The monoisotopic (exact) mass is 334 g/mol. The summed E-state index contributed by atoms with van der Waals surface area (Å²) in [5.41, 5.74) is 5.35. The third-order valence-corrected chi connectivity index (χ3v) is 5.96. The summed E-state index contributed by atoms with van der Waals surface area (Å²) >= 11 is 0. The van der Waals surface area contributed by atoms with E-state index in [0.29, 0.717) is 13.2 Å². The molecular weight excluding hydrogens is 312 g/mol. The van der Waals surface area contributed by atoms with Gasteiger partial charge in [0.15, 0.2) is 0 Å². The van der Waals surface area contributed by atoms with Crippen molar-refractivity contribution in [1.82, 2.24) is 13.5 Å². The average molecular weight is 334 g/mol. The summed E-state index contributed by atoms with van der Waals surface area (Å²) in [4.78, 5) is 24.6. The Morgan fingerprint density at radius 2 is 1.68 bits per heavy atom. The van der Waals surface area contributed by atoms with Crippen molar-refractivity contribution in [2.75, 3.05) is 52.5 Å². The molecule has 2 heterocycles. The predicted molar refractivity (Wildman–Crippen MR) is 77.8 cm³/mol. The molecule has 0 aliphatic carbocycles. The van der Waals surface area contributed by atoms with Crippen LogP contribution < -0.4 is 5.73 Å². The summed E-state index contributed by atoms with van der Waals surface area (Å²) in [6, 6.07) is 0. The van der Waals surface area contributed by atoms with Crippen LogP contribution in [0, 0.1) is 5.92 Å². The van der Waals surface area contributed by atoms with Gasteiger partial charge in [-0.1, -0.05) is 0 Å². The van der Waals surface area contributed by atoms with Gasteiger partial charge in [0.25, 0.3) is 10.2 Å². The highest BCUT2D eigenvalue weighted by molar-refractivity contribution is 7.86. The normalized spacial score (nSPS) is 25.7. The van der Waals surface area contributed by atoms with Gasteiger partial charge in [-0.15, -0.1) is 0 Å². The largest absolute Gasteiger partial charge is 0.379 e. The van der Waals surface area contributed by atoms with Crippen molar-refractivity contribution >= 4 is 22.0 Å². The highest BCUT2D eigenvalue weighted by Gasteiger charge is 2.36. The van der Waals surface area contributed by atoms with Gasteiger partial charge in [0.05, 0.1) is 19.1 Å². The summed E-state index contributed by atoms with van der Waals surface area (Å²) in [6.07, 6.45) is 0. The molecule has 0 spiro atoms. The van der Waals surface area contributed by atoms with Gasteiger partial charge in [0, 0.05) is 46.2 Å². The lowest BCUT2D eigenvalue weighted by atomic mass is 10.1. The lowest BCUT2D eigenvalue weighted by Gasteiger charge is -2.32. The van der Waals surface area contributed by atoms with Crippen LogP contribution in [0.4, 0.5) is 0 Å². The minimum atomic E-state index is -3.68. The number of carbonyl (C=O) groups excluding carboxylic acids is 2. The van der Waals surface area contributed by atoms with E-state index in [0.717, 1.165) is 0 Å². The number of ether oxygens (including phenoxy) is 1. The van der Waals surface area contributed by atoms with Crippen LogP contribution in [0.1, 0.15) is 6.92 Å². The van der Waals surface area contributed by atoms with Crippen molar-refractivity contribution in [2.24, 2.45) is 11.7 Å². The Morgan fingerprint density at radius 1 is 1.05 bits per heavy atom. The standard InChI is InChI=1S/C12H22N4O5S/c1-10(17)14-2-3-16(9-11(8-14)12(13)18)22(19,20)15-4-6-21-7-5-15/h11H,2-9H2,1H3,(H2,13,18). The maximum absolute atomic E-state index is 12.7. The highest BCUT2D eigenvalue weighted by Crippen LogP contribution is 2.17. The second-order valence-corrected chi connectivity index (χ2v) is 7.37. The average Bonchev–Trinajstić information content (AvgIpc) is 2.71. The third-order valence-electron chi connectivity index (χ3n) is 3.95. The number of hydrogen-bond donors (Lipinski definition) is 1. The Balaban J connectivity index is 2.18. The van der Waals surface area contributed by atoms with Gasteiger partial charge in [-0.2, -0.15) is 17.0 Å². The summed E-state index contributed by atoms with van der Waals surface area (Å²) in [5, 5.41) is 0. The fraction of sp³-hybridized carbons (Fsp3) is 0.833. The Bertz CT molecular complexity index is 532. The zero-order chi connectivity index (χ0) is 16.3. The number of nitrogens with two attached hydrogens (primary N) is 1. The van der Waals surface area contributed by atoms with Gasteiger partial charge in [0.2, 0.25) is 11.8 Å². The number of morpholine rings is 1. The van der Waals surface area contributed by atoms with Crippen LogP contribution in [0.3, 0.4) is 0 Å². The molecule has 0 aromatic heterocycles. The van der Waals surface area contributed by atoms with E-state index >= 15 is 0 Å². The van der Waals surface area contributed by atoms with E-state index in [1.54, 1.807) is 0 Å². The molecule has 126 valence electrons. The van der Waals surface area contributed by atoms with E-state index in [9.17, 15) is 18.0 Å². The first-order valence-electron chi connectivity index (χ1n) is 7.20. The van der Waals surface area contributed by atoms with Gasteiger partial charge in [0.1, 0.15) is 0 Å². The molecule has 2 aliphatic heterocycles. The maximum atomic E-state index is 12.7. The Morgan fingerprint density at radius 3 is 2.23 bits per heavy atom. The first-order chi connectivity index (χ1) is 10.3. The molecule has 0 radical (unpaired) electrons. The fourth-order valence-electron chi connectivity index (χ4n) is 2.60. The lowest BCUT2D eigenvalue weighted by molar-refractivity contribution is -0.130. The molecule has 1 atom stereocenters. The molecule has 9 nitrogen and oxygen atoms in total. The molecule has 0 saturated carbocycles. The minimum absolute atomic E-state index is 0.00119. The molecule has 22 heavy (non-hydrogen) atoms. The molecule has 0 aromatic carbocycles. The molecule has 0 aromatic rings. The minimum Gasteiger partial charge on any atom is -0.379 e. The second kappa shape index (κ2) is 6.90. The Kier molecular flexibility index (Phi) is 5.37. The van der Waals surface area contributed by atoms with Crippen LogP contribution in [0.2, 0.25) is 0 Å². The number of nitrogens with zero attached hydrogens (tertiary/aromatic N) is 3. The van der Waals surface area contributed by atoms with Gasteiger partial charge in [-0.05, 0) is 0 Å². The fourth-order valence-corrected chi connectivity index (χ4v) is 4.22. The summed E-state index contributed by atoms with van der Waals surface area (Å²) in [5.74, 6) is -1.51. The highest BCUT2D eigenvalue weighted by atomic mass is 32.2. The van der Waals surface area contributed by atoms with E-state index in [-0.39, 0.29) is 45.2 Å². The van der Waals surface area contributed by atoms with Gasteiger partial charge in [-0.25, -0.2) is 0 Å². The number of primary amides is 1. The topological polar surface area (TPSA) is 113 Å². The smallest absolute Gasteiger partial charge is 0.282 e. The maximum Gasteiger partial charge on any atom is 0.282 e. The molecule has 2 rings (SSSR count). The number of rotatable bonds is 3. The van der Waals surface area contributed by atoms with Crippen LogP contribution in [0.25, 0.3) is 0 Å². The van der Waals surface area contributed by atoms with Crippen LogP contribution in [0.5, 0.6) is 0 Å². The van der Waals surface area contributed by atoms with Crippen molar-refractivity contribution in [3.63, 3.8) is 0 Å². The van der Waals surface area contributed by atoms with Crippen LogP contribution in [0.15, 0.2) is 0 Å². The van der Waals surface area contributed by atoms with E-state index in [2.05, 4.69) is 0 Å². The van der Waals surface area contributed by atoms with Gasteiger partial charge < -0.3 is 15.4 Å². The first-order valence-corrected chi connectivity index (χ1v) is 8.60. The summed E-state index contributed by atoms with van der Waals surface area (Å²) in [6.45, 7) is 3.24. The Hall–Kier alpha value is -1.23. The molecule has 0 bridgehead atoms. The van der Waals surface area contributed by atoms with E-state index in [1.807, 2.05) is 0 Å². The van der Waals surface area contributed by atoms with Gasteiger partial charge in [-0.3, -0.25) is 9.59 Å². The van der Waals surface area contributed by atoms with E-state index < -0.39 is 22.0 Å². The zero-order valence-electron chi connectivity index (χ0n) is 12.6. The van der Waals surface area contributed by atoms with Crippen molar-refractivity contribution in [2.45, 2.75) is 6.92 Å². The first kappa shape index (κ1) is 17.1. The second-order valence-electron chi connectivity index (χ2n) is 5.44. The van der Waals surface area contributed by atoms with E-state index in [1.165, 1.54) is 20.4 Å². The van der Waals surface area contributed by atoms with Crippen molar-refractivity contribution in [3.8, 4) is 0 Å². The van der Waals surface area contributed by atoms with E-state index in [4.69, 9.17) is 10.5 Å². The molecule has 2 N–H and O–H groups in total. The molecule has 2 fully saturated rings. The molecule has 2 aliphatic rings. The third kappa shape index (κ3) is 3.75. The number of hydrogen-bond acceptors (Lipinski definition) is 5. The molecular formula is C12H22N4O5S. The van der Waals surface area contributed by atoms with Gasteiger partial charge >= 0.3 is 0 Å². The lowest BCUT2D eigenvalue weighted by Crippen LogP contribution is -2.50. The molecule has 1 unspecified atom stereocenters. The molecule has 2 saturated heterocycles. The van der Waals surface area contributed by atoms with Crippen LogP contribution >= 0.6 is 0 Å². The number of carbonyl (C=O) groups is 2. The van der Waals surface area contributed by atoms with Crippen molar-refractivity contribution in [3.05, 3.63) is 0 Å². The number of amides is 2. The summed E-state index contributed by atoms with van der Waals surface area (Å²) < 4.78 is 33.1. The van der Waals surface area contributed by atoms with Crippen LogP contribution in [-0.4, -0.2) is 86.2 Å². The summed E-state index contributed by atoms with van der Waals surface area (Å²) in [7, 11) is -3.68. The SMILES string of the molecule is CC(=O)N1CCN(S(=O)(=O)N2CCOCC2)CC(C(N)=O)C1. The van der Waals surface area contributed by atoms with Crippen molar-refractivity contribution in [1.29, 1.82) is 0 Å². The van der Waals surface area contributed by atoms with Crippen LogP contribution in [-0.2, 0) is 24.5 Å². The Labute approximate surface area is 130 Å². The quantitative estimate of drug-likeness (QED) is 0.631. The molecule has 10 heteroatoms. The predicted octanol–water partition coefficient (Wildman–Crippen LogP) is -2.17. The molecule has 2 amide bonds.